The molecule has 0 bridgehead atoms. The monoisotopic (exact) mass is 544 g/mol. The molecule has 1 atom stereocenters. The van der Waals surface area contributed by atoms with Crippen LogP contribution in [-0.2, 0) is 4.74 Å². The van der Waals surface area contributed by atoms with Crippen molar-refractivity contribution < 1.29 is 4.74 Å². The van der Waals surface area contributed by atoms with Gasteiger partial charge in [0.25, 0.3) is 0 Å². The summed E-state index contributed by atoms with van der Waals surface area (Å²) in [6.07, 6.45) is 11.2. The Kier molecular flexibility index (Phi) is 9.26. The number of hydrogen-bond acceptors (Lipinski definition) is 7. The van der Waals surface area contributed by atoms with E-state index >= 15 is 0 Å². The highest BCUT2D eigenvalue weighted by molar-refractivity contribution is 5.95. The van der Waals surface area contributed by atoms with Gasteiger partial charge in [0.15, 0.2) is 0 Å². The van der Waals surface area contributed by atoms with Gasteiger partial charge in [-0.3, -0.25) is 0 Å². The van der Waals surface area contributed by atoms with E-state index < -0.39 is 0 Å². The summed E-state index contributed by atoms with van der Waals surface area (Å²) in [5.74, 6) is 3.02. The molecule has 1 fully saturated rings. The Bertz CT molecular complexity index is 1260. The first-order valence-electron chi connectivity index (χ1n) is 14.5. The van der Waals surface area contributed by atoms with Crippen LogP contribution in [-0.4, -0.2) is 78.5 Å². The molecule has 3 heterocycles. The summed E-state index contributed by atoms with van der Waals surface area (Å²) in [6.45, 7) is 19.5. The Balaban J connectivity index is 1.68. The molecule has 0 amide bonds. The molecule has 3 aliphatic rings. The minimum atomic E-state index is -0.161. The second-order valence-corrected chi connectivity index (χ2v) is 11.8. The highest BCUT2D eigenvalue weighted by Crippen LogP contribution is 2.33. The average molecular weight is 545 g/mol. The number of morpholine rings is 1. The Morgan fingerprint density at radius 2 is 1.93 bits per heavy atom. The minimum absolute atomic E-state index is 0.161. The first-order valence-corrected chi connectivity index (χ1v) is 14.5. The van der Waals surface area contributed by atoms with E-state index in [9.17, 15) is 0 Å². The number of amidine groups is 1. The third-order valence-corrected chi connectivity index (χ3v) is 7.95. The van der Waals surface area contributed by atoms with Gasteiger partial charge in [-0.25, -0.2) is 10.4 Å². The number of allylic oxidation sites excluding steroid dienone is 4. The number of hydrazine groups is 1. The lowest BCUT2D eigenvalue weighted by atomic mass is 9.84. The molecule has 1 unspecified atom stereocenters. The minimum Gasteiger partial charge on any atom is -0.378 e. The van der Waals surface area contributed by atoms with Crippen molar-refractivity contribution in [3.05, 3.63) is 88.8 Å². The van der Waals surface area contributed by atoms with E-state index in [0.717, 1.165) is 50.3 Å². The predicted molar refractivity (Wildman–Crippen MR) is 167 cm³/mol. The summed E-state index contributed by atoms with van der Waals surface area (Å²) in [7, 11) is 4.21. The number of ether oxygens (including phenoxy) is 1. The summed E-state index contributed by atoms with van der Waals surface area (Å²) < 4.78 is 5.67. The van der Waals surface area contributed by atoms with Crippen LogP contribution in [0.1, 0.15) is 52.7 Å². The van der Waals surface area contributed by atoms with Crippen molar-refractivity contribution in [3.63, 3.8) is 0 Å². The van der Waals surface area contributed by atoms with Gasteiger partial charge in [0.2, 0.25) is 0 Å². The fourth-order valence-corrected chi connectivity index (χ4v) is 5.37. The summed E-state index contributed by atoms with van der Waals surface area (Å²) in [4.78, 5) is 12.0. The maximum absolute atomic E-state index is 5.67. The number of rotatable bonds is 7. The molecule has 1 aromatic carbocycles. The first kappa shape index (κ1) is 29.7. The van der Waals surface area contributed by atoms with Gasteiger partial charge in [-0.05, 0) is 64.0 Å². The molecule has 1 saturated heterocycles. The van der Waals surface area contributed by atoms with E-state index in [2.05, 4.69) is 142 Å². The molecule has 0 radical (unpaired) electrons. The van der Waals surface area contributed by atoms with E-state index in [1.54, 1.807) is 0 Å². The molecule has 3 aliphatic heterocycles. The molecule has 1 N–H and O–H groups in total. The summed E-state index contributed by atoms with van der Waals surface area (Å²) in [5.41, 5.74) is 9.77. The van der Waals surface area contributed by atoms with Crippen molar-refractivity contribution >= 4 is 11.4 Å². The largest absolute Gasteiger partial charge is 0.378 e. The zero-order chi connectivity index (χ0) is 29.0. The molecule has 0 aromatic heterocycles. The van der Waals surface area contributed by atoms with Crippen LogP contribution in [0.3, 0.4) is 0 Å². The van der Waals surface area contributed by atoms with E-state index in [-0.39, 0.29) is 11.5 Å². The standard InChI is InChI=1S/C33H48N6O/c1-10-39-26(5)21-29(35-39)33(6,7)23-31-34-30(22-32(37(31)9)38-16-18-40-19-17-38)36(8)15-14-28(24(2)3)27-13-11-12-25(4)20-27/h11-15,20-23,29,35H,10,16-19H2,1-9H3/b15-14-,31-23-. The number of aliphatic imine (C=N–C) groups is 1. The van der Waals surface area contributed by atoms with Crippen LogP contribution >= 0.6 is 0 Å². The van der Waals surface area contributed by atoms with Crippen molar-refractivity contribution in [2.45, 2.75) is 54.5 Å². The molecule has 0 aliphatic carbocycles. The number of nitrogens with one attached hydrogen (secondary N) is 1. The lowest BCUT2D eigenvalue weighted by molar-refractivity contribution is 0.0424. The molecule has 216 valence electrons. The Hall–Kier alpha value is -3.29. The topological polar surface area (TPSA) is 46.6 Å². The number of benzene rings is 1. The number of hydrogen-bond donors (Lipinski definition) is 1. The normalized spacial score (nSPS) is 21.1. The Labute approximate surface area is 241 Å². The fraction of sp³-hybridized carbons (Fsp3) is 0.485. The van der Waals surface area contributed by atoms with Crippen molar-refractivity contribution in [3.8, 4) is 0 Å². The van der Waals surface area contributed by atoms with E-state index in [1.165, 1.54) is 28.0 Å². The van der Waals surface area contributed by atoms with Gasteiger partial charge in [0, 0.05) is 57.1 Å². The molecular formula is C33H48N6O. The number of nitrogens with zero attached hydrogens (tertiary/aromatic N) is 5. The van der Waals surface area contributed by atoms with Gasteiger partial charge in [0.05, 0.1) is 19.3 Å². The van der Waals surface area contributed by atoms with Crippen molar-refractivity contribution in [1.29, 1.82) is 0 Å². The fourth-order valence-electron chi connectivity index (χ4n) is 5.37. The molecular weight excluding hydrogens is 496 g/mol. The van der Waals surface area contributed by atoms with E-state index in [4.69, 9.17) is 9.73 Å². The summed E-state index contributed by atoms with van der Waals surface area (Å²) >= 11 is 0. The van der Waals surface area contributed by atoms with Crippen LogP contribution < -0.4 is 5.43 Å². The predicted octanol–water partition coefficient (Wildman–Crippen LogP) is 5.73. The van der Waals surface area contributed by atoms with Gasteiger partial charge in [-0.15, -0.1) is 0 Å². The van der Waals surface area contributed by atoms with Gasteiger partial charge in [-0.1, -0.05) is 49.2 Å². The first-order chi connectivity index (χ1) is 19.0. The molecule has 7 nitrogen and oxygen atoms in total. The average Bonchev–Trinajstić information content (AvgIpc) is 3.31. The van der Waals surface area contributed by atoms with Crippen LogP contribution in [0.4, 0.5) is 0 Å². The lowest BCUT2D eigenvalue weighted by Crippen LogP contribution is -2.45. The van der Waals surface area contributed by atoms with Crippen LogP contribution in [0.2, 0.25) is 0 Å². The van der Waals surface area contributed by atoms with Crippen LogP contribution in [0.25, 0.3) is 5.57 Å². The number of likely N-dealkylation sites (N-methyl/N-ethyl adjacent to an activating group) is 1. The molecule has 0 saturated carbocycles. The Morgan fingerprint density at radius 3 is 2.55 bits per heavy atom. The smallest absolute Gasteiger partial charge is 0.138 e. The van der Waals surface area contributed by atoms with E-state index in [1.807, 2.05) is 0 Å². The summed E-state index contributed by atoms with van der Waals surface area (Å²) in [5, 5.41) is 2.22. The summed E-state index contributed by atoms with van der Waals surface area (Å²) in [6, 6.07) is 8.88. The molecule has 1 aromatic rings. The molecule has 0 spiro atoms. The molecule has 40 heavy (non-hydrogen) atoms. The third-order valence-electron chi connectivity index (χ3n) is 7.95. The zero-order valence-corrected chi connectivity index (χ0v) is 26.0. The van der Waals surface area contributed by atoms with Gasteiger partial charge < -0.3 is 24.4 Å². The van der Waals surface area contributed by atoms with Crippen molar-refractivity contribution in [2.24, 2.45) is 10.4 Å². The molecule has 4 rings (SSSR count). The quantitative estimate of drug-likeness (QED) is 0.443. The second kappa shape index (κ2) is 12.5. The second-order valence-electron chi connectivity index (χ2n) is 11.8. The maximum Gasteiger partial charge on any atom is 0.138 e. The van der Waals surface area contributed by atoms with Gasteiger partial charge in [-0.2, -0.15) is 0 Å². The highest BCUT2D eigenvalue weighted by Gasteiger charge is 2.34. The maximum atomic E-state index is 5.67. The van der Waals surface area contributed by atoms with Gasteiger partial charge >= 0.3 is 0 Å². The van der Waals surface area contributed by atoms with Crippen LogP contribution in [0.5, 0.6) is 0 Å². The molecule has 7 heteroatoms. The highest BCUT2D eigenvalue weighted by atomic mass is 16.5. The third kappa shape index (κ3) is 6.70. The van der Waals surface area contributed by atoms with Crippen molar-refractivity contribution in [1.82, 2.24) is 25.1 Å². The SMILES string of the molecule is CCN1NC(C(C)(C)/C=C2/N=C(N(C)/C=C\C(=C(C)C)c3cccc(C)c3)C=C(N3CCOCC3)N2C)C=C1C. The van der Waals surface area contributed by atoms with Gasteiger partial charge in [0.1, 0.15) is 17.5 Å². The van der Waals surface area contributed by atoms with Crippen LogP contribution in [0, 0.1) is 12.3 Å². The Morgan fingerprint density at radius 1 is 1.20 bits per heavy atom. The van der Waals surface area contributed by atoms with Crippen LogP contribution in [0.15, 0.2) is 82.7 Å². The lowest BCUT2D eigenvalue weighted by Gasteiger charge is -2.39. The number of aryl methyl sites for hydroxylation is 1. The van der Waals surface area contributed by atoms with Crippen molar-refractivity contribution in [2.75, 3.05) is 46.9 Å². The zero-order valence-electron chi connectivity index (χ0n) is 26.0. The van der Waals surface area contributed by atoms with E-state index in [0.29, 0.717) is 0 Å².